The standard InChI is InChI=1S/C11H7BrClNO4S2/c12-8-3-4-19-11(8)20(17,18)14-6-1-2-9(13)7(5-6)10(15)16/h1-5,14H,(H,15,16). The van der Waals surface area contributed by atoms with Crippen LogP contribution < -0.4 is 4.72 Å². The molecule has 106 valence electrons. The molecule has 0 bridgehead atoms. The van der Waals surface area contributed by atoms with Crippen LogP contribution in [0.2, 0.25) is 5.02 Å². The fraction of sp³-hybridized carbons (Fsp3) is 0. The summed E-state index contributed by atoms with van der Waals surface area (Å²) >= 11 is 9.91. The number of hydrogen-bond acceptors (Lipinski definition) is 4. The van der Waals surface area contributed by atoms with Crippen molar-refractivity contribution in [1.29, 1.82) is 0 Å². The number of hydrogen-bond donors (Lipinski definition) is 2. The van der Waals surface area contributed by atoms with Crippen molar-refractivity contribution < 1.29 is 18.3 Å². The highest BCUT2D eigenvalue weighted by Crippen LogP contribution is 2.30. The molecule has 0 radical (unpaired) electrons. The van der Waals surface area contributed by atoms with Gasteiger partial charge < -0.3 is 5.11 Å². The van der Waals surface area contributed by atoms with Crippen LogP contribution in [0.5, 0.6) is 0 Å². The van der Waals surface area contributed by atoms with E-state index in [-0.39, 0.29) is 20.5 Å². The molecule has 0 atom stereocenters. The number of nitrogens with one attached hydrogen (secondary N) is 1. The summed E-state index contributed by atoms with van der Waals surface area (Å²) in [4.78, 5) is 11.0. The Morgan fingerprint density at radius 1 is 1.35 bits per heavy atom. The zero-order valence-corrected chi connectivity index (χ0v) is 13.6. The first-order chi connectivity index (χ1) is 9.31. The zero-order valence-electron chi connectivity index (χ0n) is 9.63. The van der Waals surface area contributed by atoms with E-state index >= 15 is 0 Å². The molecular weight excluding hydrogens is 390 g/mol. The van der Waals surface area contributed by atoms with Gasteiger partial charge in [0.05, 0.1) is 10.6 Å². The molecule has 0 aliphatic heterocycles. The lowest BCUT2D eigenvalue weighted by atomic mass is 10.2. The summed E-state index contributed by atoms with van der Waals surface area (Å²) in [6.07, 6.45) is 0. The zero-order chi connectivity index (χ0) is 14.9. The van der Waals surface area contributed by atoms with Crippen LogP contribution in [0.4, 0.5) is 5.69 Å². The molecule has 0 aliphatic rings. The van der Waals surface area contributed by atoms with E-state index in [9.17, 15) is 13.2 Å². The van der Waals surface area contributed by atoms with E-state index in [2.05, 4.69) is 20.7 Å². The molecule has 2 aromatic rings. The van der Waals surface area contributed by atoms with E-state index < -0.39 is 16.0 Å². The number of aromatic carboxylic acids is 1. The minimum atomic E-state index is -3.77. The van der Waals surface area contributed by atoms with Crippen LogP contribution in [0.25, 0.3) is 0 Å². The molecule has 0 saturated carbocycles. The van der Waals surface area contributed by atoms with Crippen LogP contribution in [-0.2, 0) is 10.0 Å². The van der Waals surface area contributed by atoms with Crippen LogP contribution >= 0.6 is 38.9 Å². The Hall–Kier alpha value is -1.09. The van der Waals surface area contributed by atoms with E-state index in [0.29, 0.717) is 4.47 Å². The average molecular weight is 397 g/mol. The van der Waals surface area contributed by atoms with Crippen molar-refractivity contribution in [1.82, 2.24) is 0 Å². The van der Waals surface area contributed by atoms with Crippen molar-refractivity contribution >= 4 is 60.5 Å². The smallest absolute Gasteiger partial charge is 0.337 e. The lowest BCUT2D eigenvalue weighted by Crippen LogP contribution is -2.12. The van der Waals surface area contributed by atoms with Crippen molar-refractivity contribution in [3.63, 3.8) is 0 Å². The predicted molar refractivity (Wildman–Crippen MR) is 81.2 cm³/mol. The normalized spacial score (nSPS) is 11.3. The van der Waals surface area contributed by atoms with Gasteiger partial charge in [0.25, 0.3) is 10.0 Å². The van der Waals surface area contributed by atoms with Gasteiger partial charge in [-0.05, 0) is 45.6 Å². The number of anilines is 1. The van der Waals surface area contributed by atoms with E-state index in [1.54, 1.807) is 11.4 Å². The second kappa shape index (κ2) is 5.72. The summed E-state index contributed by atoms with van der Waals surface area (Å²) in [5.74, 6) is -1.23. The topological polar surface area (TPSA) is 83.5 Å². The number of rotatable bonds is 4. The fourth-order valence-corrected chi connectivity index (χ4v) is 5.01. The molecule has 20 heavy (non-hydrogen) atoms. The highest BCUT2D eigenvalue weighted by molar-refractivity contribution is 9.10. The van der Waals surface area contributed by atoms with Crippen LogP contribution in [0.1, 0.15) is 10.4 Å². The Labute approximate surface area is 132 Å². The van der Waals surface area contributed by atoms with Crippen LogP contribution in [0.3, 0.4) is 0 Å². The van der Waals surface area contributed by atoms with E-state index in [0.717, 1.165) is 11.3 Å². The molecule has 5 nitrogen and oxygen atoms in total. The lowest BCUT2D eigenvalue weighted by molar-refractivity contribution is 0.0697. The van der Waals surface area contributed by atoms with E-state index in [4.69, 9.17) is 16.7 Å². The van der Waals surface area contributed by atoms with Crippen molar-refractivity contribution in [2.24, 2.45) is 0 Å². The molecule has 0 fully saturated rings. The molecular formula is C11H7BrClNO4S2. The molecule has 0 aliphatic carbocycles. The second-order valence-corrected chi connectivity index (χ2v) is 7.72. The van der Waals surface area contributed by atoms with Crippen LogP contribution in [-0.4, -0.2) is 19.5 Å². The summed E-state index contributed by atoms with van der Waals surface area (Å²) in [5.41, 5.74) is -0.0378. The van der Waals surface area contributed by atoms with Gasteiger partial charge >= 0.3 is 5.97 Å². The third kappa shape index (κ3) is 3.14. The lowest BCUT2D eigenvalue weighted by Gasteiger charge is -2.08. The molecule has 1 aromatic carbocycles. The maximum atomic E-state index is 12.1. The minimum Gasteiger partial charge on any atom is -0.478 e. The van der Waals surface area contributed by atoms with Crippen molar-refractivity contribution in [3.05, 3.63) is 44.7 Å². The largest absolute Gasteiger partial charge is 0.478 e. The van der Waals surface area contributed by atoms with Gasteiger partial charge in [-0.3, -0.25) is 4.72 Å². The maximum Gasteiger partial charge on any atom is 0.337 e. The Balaban J connectivity index is 2.38. The molecule has 0 spiro atoms. The monoisotopic (exact) mass is 395 g/mol. The fourth-order valence-electron chi connectivity index (χ4n) is 1.43. The molecule has 0 amide bonds. The van der Waals surface area contributed by atoms with Gasteiger partial charge in [0.15, 0.2) is 4.21 Å². The molecule has 9 heteroatoms. The Bertz CT molecular complexity index is 772. The van der Waals surface area contributed by atoms with Crippen LogP contribution in [0, 0.1) is 0 Å². The Kier molecular flexibility index (Phi) is 4.38. The first-order valence-corrected chi connectivity index (χ1v) is 8.63. The van der Waals surface area contributed by atoms with Crippen molar-refractivity contribution in [2.75, 3.05) is 4.72 Å². The number of carbonyl (C=O) groups is 1. The number of halogens is 2. The highest BCUT2D eigenvalue weighted by atomic mass is 79.9. The minimum absolute atomic E-state index is 0.0396. The van der Waals surface area contributed by atoms with E-state index in [1.165, 1.54) is 18.2 Å². The number of thiophene rings is 1. The van der Waals surface area contributed by atoms with Gasteiger partial charge in [0, 0.05) is 10.2 Å². The first kappa shape index (κ1) is 15.3. The summed E-state index contributed by atoms with van der Waals surface area (Å²) < 4.78 is 27.2. The Morgan fingerprint density at radius 3 is 2.60 bits per heavy atom. The van der Waals surface area contributed by atoms with E-state index in [1.807, 2.05) is 0 Å². The van der Waals surface area contributed by atoms with Gasteiger partial charge in [-0.1, -0.05) is 11.6 Å². The Morgan fingerprint density at radius 2 is 2.05 bits per heavy atom. The summed E-state index contributed by atoms with van der Waals surface area (Å²) in [7, 11) is -3.77. The van der Waals surface area contributed by atoms with Crippen molar-refractivity contribution in [3.8, 4) is 0 Å². The SMILES string of the molecule is O=C(O)c1cc(NS(=O)(=O)c2sccc2Br)ccc1Cl. The maximum absolute atomic E-state index is 12.1. The predicted octanol–water partition coefficient (Wildman–Crippen LogP) is 3.66. The number of benzene rings is 1. The van der Waals surface area contributed by atoms with Gasteiger partial charge in [0.2, 0.25) is 0 Å². The van der Waals surface area contributed by atoms with Crippen LogP contribution in [0.15, 0.2) is 38.3 Å². The van der Waals surface area contributed by atoms with Gasteiger partial charge in [-0.25, -0.2) is 13.2 Å². The molecule has 1 aromatic heterocycles. The van der Waals surface area contributed by atoms with Gasteiger partial charge in [-0.2, -0.15) is 0 Å². The molecule has 1 heterocycles. The summed E-state index contributed by atoms with van der Waals surface area (Å²) in [6, 6.07) is 5.51. The molecule has 2 rings (SSSR count). The van der Waals surface area contributed by atoms with Gasteiger partial charge in [0.1, 0.15) is 0 Å². The quantitative estimate of drug-likeness (QED) is 0.826. The first-order valence-electron chi connectivity index (χ1n) is 5.10. The average Bonchev–Trinajstić information content (AvgIpc) is 2.78. The van der Waals surface area contributed by atoms with Crippen molar-refractivity contribution in [2.45, 2.75) is 4.21 Å². The third-order valence-corrected chi connectivity index (χ3v) is 6.66. The number of carboxylic acids is 1. The van der Waals surface area contributed by atoms with Gasteiger partial charge in [-0.15, -0.1) is 11.3 Å². The summed E-state index contributed by atoms with van der Waals surface area (Å²) in [5, 5.41) is 10.6. The third-order valence-electron chi connectivity index (χ3n) is 2.28. The highest BCUT2D eigenvalue weighted by Gasteiger charge is 2.20. The summed E-state index contributed by atoms with van der Waals surface area (Å²) in [6.45, 7) is 0. The number of carboxylic acid groups (broad SMARTS) is 1. The number of sulfonamides is 1. The molecule has 0 unspecified atom stereocenters. The molecule has 2 N–H and O–H groups in total. The second-order valence-electron chi connectivity index (χ2n) is 3.66. The molecule has 0 saturated heterocycles.